The third kappa shape index (κ3) is 5.39. The molecule has 0 unspecified atom stereocenters. The zero-order valence-electron chi connectivity index (χ0n) is 15.6. The van der Waals surface area contributed by atoms with Gasteiger partial charge in [0.15, 0.2) is 0 Å². The summed E-state index contributed by atoms with van der Waals surface area (Å²) in [6.07, 6.45) is 1.57. The van der Waals surface area contributed by atoms with Gasteiger partial charge in [-0.15, -0.1) is 0 Å². The fourth-order valence-corrected chi connectivity index (χ4v) is 2.54. The molecule has 27 heavy (non-hydrogen) atoms. The van der Waals surface area contributed by atoms with Gasteiger partial charge in [-0.2, -0.15) is 0 Å². The van der Waals surface area contributed by atoms with E-state index in [1.165, 1.54) is 0 Å². The largest absolute Gasteiger partial charge is 0.378 e. The highest BCUT2D eigenvalue weighted by Crippen LogP contribution is 2.16. The van der Waals surface area contributed by atoms with E-state index >= 15 is 0 Å². The first-order valence-electron chi connectivity index (χ1n) is 8.77. The number of hydrogen-bond acceptors (Lipinski definition) is 4. The molecule has 0 bridgehead atoms. The molecule has 0 fully saturated rings. The first kappa shape index (κ1) is 18.6. The third-order valence-corrected chi connectivity index (χ3v) is 4.09. The van der Waals surface area contributed by atoms with Gasteiger partial charge in [0.25, 0.3) is 5.91 Å². The van der Waals surface area contributed by atoms with Crippen LogP contribution in [-0.4, -0.2) is 25.0 Å². The summed E-state index contributed by atoms with van der Waals surface area (Å²) in [5, 5.41) is 2.88. The van der Waals surface area contributed by atoms with E-state index in [1.54, 1.807) is 12.3 Å². The normalized spacial score (nSPS) is 10.4. The number of rotatable bonds is 7. The molecule has 138 valence electrons. The molecule has 0 aliphatic carbocycles. The van der Waals surface area contributed by atoms with Crippen molar-refractivity contribution in [1.29, 1.82) is 0 Å². The van der Waals surface area contributed by atoms with Crippen LogP contribution in [0.5, 0.6) is 0 Å². The predicted molar refractivity (Wildman–Crippen MR) is 108 cm³/mol. The number of ether oxygens (including phenoxy) is 1. The Hall–Kier alpha value is -3.18. The standard InChI is InChI=1S/C22H23N3O2/c1-25(2)21-12-10-19(11-13-21)24-22(26)18-8-9-20(23-14-18)16-27-15-17-6-4-3-5-7-17/h3-14H,15-16H2,1-2H3,(H,24,26). The SMILES string of the molecule is CN(C)c1ccc(NC(=O)c2ccc(COCc3ccccc3)nc2)cc1. The van der Waals surface area contributed by atoms with Gasteiger partial charge in [-0.05, 0) is 42.0 Å². The highest BCUT2D eigenvalue weighted by molar-refractivity contribution is 6.04. The van der Waals surface area contributed by atoms with Crippen molar-refractivity contribution in [2.24, 2.45) is 0 Å². The van der Waals surface area contributed by atoms with Crippen molar-refractivity contribution in [2.45, 2.75) is 13.2 Å². The lowest BCUT2D eigenvalue weighted by atomic mass is 10.2. The number of nitrogens with one attached hydrogen (secondary N) is 1. The van der Waals surface area contributed by atoms with Crippen molar-refractivity contribution in [3.05, 3.63) is 89.7 Å². The third-order valence-electron chi connectivity index (χ3n) is 4.09. The van der Waals surface area contributed by atoms with Crippen LogP contribution in [0.1, 0.15) is 21.6 Å². The Morgan fingerprint density at radius 2 is 1.70 bits per heavy atom. The number of amides is 1. The maximum absolute atomic E-state index is 12.4. The van der Waals surface area contributed by atoms with Gasteiger partial charge in [-0.25, -0.2) is 0 Å². The topological polar surface area (TPSA) is 54.5 Å². The van der Waals surface area contributed by atoms with E-state index in [0.29, 0.717) is 18.8 Å². The van der Waals surface area contributed by atoms with Crippen molar-refractivity contribution in [3.63, 3.8) is 0 Å². The minimum Gasteiger partial charge on any atom is -0.378 e. The van der Waals surface area contributed by atoms with Crippen LogP contribution in [0.2, 0.25) is 0 Å². The lowest BCUT2D eigenvalue weighted by Crippen LogP contribution is -2.13. The van der Waals surface area contributed by atoms with Gasteiger partial charge in [-0.3, -0.25) is 9.78 Å². The van der Waals surface area contributed by atoms with Crippen LogP contribution in [0, 0.1) is 0 Å². The molecule has 3 aromatic rings. The van der Waals surface area contributed by atoms with Crippen molar-refractivity contribution in [2.75, 3.05) is 24.3 Å². The summed E-state index contributed by atoms with van der Waals surface area (Å²) < 4.78 is 5.67. The average molecular weight is 361 g/mol. The van der Waals surface area contributed by atoms with Crippen molar-refractivity contribution >= 4 is 17.3 Å². The Labute approximate surface area is 159 Å². The minimum absolute atomic E-state index is 0.183. The summed E-state index contributed by atoms with van der Waals surface area (Å²) in [7, 11) is 3.95. The molecule has 0 atom stereocenters. The zero-order chi connectivity index (χ0) is 19.1. The molecule has 1 aromatic heterocycles. The van der Waals surface area contributed by atoms with E-state index in [9.17, 15) is 4.79 Å². The first-order chi connectivity index (χ1) is 13.1. The lowest BCUT2D eigenvalue weighted by molar-refractivity contribution is 0.102. The van der Waals surface area contributed by atoms with Crippen LogP contribution in [0.15, 0.2) is 72.9 Å². The van der Waals surface area contributed by atoms with Gasteiger partial charge in [-0.1, -0.05) is 30.3 Å². The number of carbonyl (C=O) groups excluding carboxylic acids is 1. The molecular weight excluding hydrogens is 338 g/mol. The van der Waals surface area contributed by atoms with Gasteiger partial charge in [0.1, 0.15) is 0 Å². The zero-order valence-corrected chi connectivity index (χ0v) is 15.6. The second kappa shape index (κ2) is 8.96. The van der Waals surface area contributed by atoms with Crippen molar-refractivity contribution < 1.29 is 9.53 Å². The van der Waals surface area contributed by atoms with Crippen LogP contribution in [0.4, 0.5) is 11.4 Å². The molecule has 3 rings (SSSR count). The quantitative estimate of drug-likeness (QED) is 0.688. The Kier molecular flexibility index (Phi) is 6.18. The molecule has 0 aliphatic rings. The van der Waals surface area contributed by atoms with E-state index in [2.05, 4.69) is 10.3 Å². The lowest BCUT2D eigenvalue weighted by Gasteiger charge is -2.13. The summed E-state index contributed by atoms with van der Waals surface area (Å²) in [6.45, 7) is 0.941. The second-order valence-corrected chi connectivity index (χ2v) is 6.41. The molecule has 1 amide bonds. The van der Waals surface area contributed by atoms with E-state index < -0.39 is 0 Å². The van der Waals surface area contributed by atoms with Crippen LogP contribution >= 0.6 is 0 Å². The molecule has 1 N–H and O–H groups in total. The highest BCUT2D eigenvalue weighted by Gasteiger charge is 2.07. The number of hydrogen-bond donors (Lipinski definition) is 1. The van der Waals surface area contributed by atoms with Crippen LogP contribution in [0.25, 0.3) is 0 Å². The molecule has 0 spiro atoms. The van der Waals surface area contributed by atoms with Gasteiger partial charge >= 0.3 is 0 Å². The highest BCUT2D eigenvalue weighted by atomic mass is 16.5. The number of anilines is 2. The number of carbonyl (C=O) groups is 1. The average Bonchev–Trinajstić information content (AvgIpc) is 2.70. The fraction of sp³-hybridized carbons (Fsp3) is 0.182. The van der Waals surface area contributed by atoms with Crippen LogP contribution < -0.4 is 10.2 Å². The predicted octanol–water partition coefficient (Wildman–Crippen LogP) is 4.12. The number of pyridine rings is 1. The molecule has 0 aliphatic heterocycles. The molecular formula is C22H23N3O2. The van der Waals surface area contributed by atoms with E-state index in [1.807, 2.05) is 79.7 Å². The van der Waals surface area contributed by atoms with Gasteiger partial charge in [0.05, 0.1) is 24.5 Å². The maximum Gasteiger partial charge on any atom is 0.257 e. The summed E-state index contributed by atoms with van der Waals surface area (Å²) >= 11 is 0. The van der Waals surface area contributed by atoms with Crippen LogP contribution in [0.3, 0.4) is 0 Å². The molecule has 2 aromatic carbocycles. The number of aromatic nitrogens is 1. The van der Waals surface area contributed by atoms with E-state index in [0.717, 1.165) is 22.6 Å². The van der Waals surface area contributed by atoms with Crippen molar-refractivity contribution in [1.82, 2.24) is 4.98 Å². The second-order valence-electron chi connectivity index (χ2n) is 6.41. The van der Waals surface area contributed by atoms with Gasteiger partial charge in [0, 0.05) is 31.7 Å². The van der Waals surface area contributed by atoms with Crippen LogP contribution in [-0.2, 0) is 18.0 Å². The molecule has 1 heterocycles. The summed E-state index contributed by atoms with van der Waals surface area (Å²) in [4.78, 5) is 18.7. The Bertz CT molecular complexity index is 860. The van der Waals surface area contributed by atoms with Gasteiger partial charge < -0.3 is 15.0 Å². The van der Waals surface area contributed by atoms with Crippen molar-refractivity contribution in [3.8, 4) is 0 Å². The van der Waals surface area contributed by atoms with E-state index in [4.69, 9.17) is 4.74 Å². The summed E-state index contributed by atoms with van der Waals surface area (Å²) in [6, 6.07) is 21.2. The van der Waals surface area contributed by atoms with E-state index in [-0.39, 0.29) is 5.91 Å². The molecule has 0 saturated heterocycles. The number of nitrogens with zero attached hydrogens (tertiary/aromatic N) is 2. The number of benzene rings is 2. The molecule has 5 nitrogen and oxygen atoms in total. The first-order valence-corrected chi connectivity index (χ1v) is 8.77. The summed E-state index contributed by atoms with van der Waals surface area (Å²) in [5.74, 6) is -0.183. The monoisotopic (exact) mass is 361 g/mol. The molecule has 0 radical (unpaired) electrons. The maximum atomic E-state index is 12.4. The Morgan fingerprint density at radius 3 is 2.33 bits per heavy atom. The van der Waals surface area contributed by atoms with Gasteiger partial charge in [0.2, 0.25) is 0 Å². The molecule has 5 heteroatoms. The minimum atomic E-state index is -0.183. The fourth-order valence-electron chi connectivity index (χ4n) is 2.54. The Morgan fingerprint density at radius 1 is 0.963 bits per heavy atom. The molecule has 0 saturated carbocycles. The summed E-state index contributed by atoms with van der Waals surface area (Å²) in [5.41, 5.74) is 4.25. The Balaban J connectivity index is 1.52. The smallest absolute Gasteiger partial charge is 0.257 e.